The Morgan fingerprint density at radius 1 is 1.44 bits per heavy atom. The molecule has 6 heteroatoms. The number of primary amides is 1. The summed E-state index contributed by atoms with van der Waals surface area (Å²) in [4.78, 5) is 24.1. The molecule has 0 atom stereocenters. The van der Waals surface area contributed by atoms with Gasteiger partial charge in [0.1, 0.15) is 11.6 Å². The Bertz CT molecular complexity index is 474. The highest BCUT2D eigenvalue weighted by molar-refractivity contribution is 5.96. The van der Waals surface area contributed by atoms with E-state index in [9.17, 15) is 14.0 Å². The molecular formula is C12H15FN2O3. The van der Waals surface area contributed by atoms with Crippen molar-refractivity contribution in [1.29, 1.82) is 0 Å². The molecule has 1 rings (SSSR count). The lowest BCUT2D eigenvalue weighted by Crippen LogP contribution is -2.43. The molecule has 5 nitrogen and oxygen atoms in total. The topological polar surface area (TPSA) is 83.6 Å². The normalized spacial score (nSPS) is 10.4. The van der Waals surface area contributed by atoms with E-state index in [0.29, 0.717) is 0 Å². The van der Waals surface area contributed by atoms with Crippen molar-refractivity contribution in [2.24, 2.45) is 5.73 Å². The molecule has 0 spiro atoms. The van der Waals surface area contributed by atoms with Gasteiger partial charge in [0.15, 0.2) is 0 Å². The van der Waals surface area contributed by atoms with Crippen molar-refractivity contribution in [3.63, 3.8) is 0 Å². The molecule has 1 aromatic carbocycles. The van der Waals surface area contributed by atoms with Crippen LogP contribution >= 0.6 is 0 Å². The Hall–Kier alpha value is -2.11. The van der Waals surface area contributed by atoms with Crippen molar-refractivity contribution in [2.45, 2.75) is 19.9 Å². The second-order valence-electron chi connectivity index (χ2n) is 4.16. The molecule has 3 N–H and O–H groups in total. The largest absolute Gasteiger partial charge is 0.508 e. The first-order chi connectivity index (χ1) is 8.32. The van der Waals surface area contributed by atoms with Crippen LogP contribution in [0, 0.1) is 5.82 Å². The zero-order valence-corrected chi connectivity index (χ0v) is 10.2. The lowest BCUT2D eigenvalue weighted by Gasteiger charge is -2.25. The predicted octanol–water partition coefficient (Wildman–Crippen LogP) is 0.867. The maximum absolute atomic E-state index is 13.5. The van der Waals surface area contributed by atoms with E-state index in [0.717, 1.165) is 11.0 Å². The monoisotopic (exact) mass is 254 g/mol. The van der Waals surface area contributed by atoms with Crippen molar-refractivity contribution >= 4 is 11.8 Å². The lowest BCUT2D eigenvalue weighted by atomic mass is 10.1. The average Bonchev–Trinajstić information content (AvgIpc) is 2.24. The summed E-state index contributed by atoms with van der Waals surface area (Å²) in [5.41, 5.74) is 4.84. The Labute approximate surface area is 104 Å². The molecule has 18 heavy (non-hydrogen) atoms. The van der Waals surface area contributed by atoms with Crippen LogP contribution in [0.2, 0.25) is 0 Å². The molecule has 2 amide bonds. The first-order valence-electron chi connectivity index (χ1n) is 5.40. The van der Waals surface area contributed by atoms with Crippen LogP contribution < -0.4 is 5.73 Å². The number of halogens is 1. The number of benzene rings is 1. The molecule has 0 saturated carbocycles. The summed E-state index contributed by atoms with van der Waals surface area (Å²) >= 11 is 0. The van der Waals surface area contributed by atoms with E-state index >= 15 is 0 Å². The number of amides is 2. The molecule has 0 aromatic heterocycles. The maximum Gasteiger partial charge on any atom is 0.257 e. The molecule has 0 fully saturated rings. The van der Waals surface area contributed by atoms with Crippen LogP contribution in [0.4, 0.5) is 4.39 Å². The summed E-state index contributed by atoms with van der Waals surface area (Å²) in [6, 6.07) is 2.93. The summed E-state index contributed by atoms with van der Waals surface area (Å²) < 4.78 is 13.5. The van der Waals surface area contributed by atoms with E-state index in [-0.39, 0.29) is 23.9 Å². The fourth-order valence-corrected chi connectivity index (χ4v) is 1.49. The SMILES string of the molecule is CC(C)N(CC(N)=O)C(=O)c1ccc(O)cc1F. The van der Waals surface area contributed by atoms with E-state index in [2.05, 4.69) is 0 Å². The van der Waals surface area contributed by atoms with Crippen LogP contribution in [-0.4, -0.2) is 34.4 Å². The van der Waals surface area contributed by atoms with Crippen molar-refractivity contribution in [3.8, 4) is 5.75 Å². The van der Waals surface area contributed by atoms with E-state index in [1.54, 1.807) is 13.8 Å². The van der Waals surface area contributed by atoms with Gasteiger partial charge < -0.3 is 15.7 Å². The van der Waals surface area contributed by atoms with Gasteiger partial charge >= 0.3 is 0 Å². The third-order valence-corrected chi connectivity index (χ3v) is 2.39. The molecule has 98 valence electrons. The molecule has 0 saturated heterocycles. The van der Waals surface area contributed by atoms with Gasteiger partial charge in [-0.25, -0.2) is 4.39 Å². The first kappa shape index (κ1) is 14.0. The van der Waals surface area contributed by atoms with Crippen molar-refractivity contribution in [1.82, 2.24) is 4.90 Å². The van der Waals surface area contributed by atoms with Crippen LogP contribution in [0.3, 0.4) is 0 Å². The molecule has 0 bridgehead atoms. The standard InChI is InChI=1S/C12H15FN2O3/c1-7(2)15(6-11(14)17)12(18)9-4-3-8(16)5-10(9)13/h3-5,7,16H,6H2,1-2H3,(H2,14,17). The van der Waals surface area contributed by atoms with E-state index in [1.807, 2.05) is 0 Å². The third-order valence-electron chi connectivity index (χ3n) is 2.39. The number of nitrogens with two attached hydrogens (primary N) is 1. The quantitative estimate of drug-likeness (QED) is 0.836. The molecule has 0 radical (unpaired) electrons. The molecule has 0 aliphatic rings. The summed E-state index contributed by atoms with van der Waals surface area (Å²) in [6.45, 7) is 3.11. The Kier molecular flexibility index (Phi) is 4.25. The zero-order valence-electron chi connectivity index (χ0n) is 10.2. The molecule has 0 aliphatic carbocycles. The summed E-state index contributed by atoms with van der Waals surface area (Å²) in [5.74, 6) is -2.41. The number of hydrogen-bond acceptors (Lipinski definition) is 3. The van der Waals surface area contributed by atoms with Crippen LogP contribution in [-0.2, 0) is 4.79 Å². The average molecular weight is 254 g/mol. The minimum atomic E-state index is -0.838. The molecule has 1 aromatic rings. The van der Waals surface area contributed by atoms with Crippen LogP contribution in [0.25, 0.3) is 0 Å². The summed E-state index contributed by atoms with van der Waals surface area (Å²) in [7, 11) is 0. The molecular weight excluding hydrogens is 239 g/mol. The summed E-state index contributed by atoms with van der Waals surface area (Å²) in [5, 5.41) is 9.07. The molecule has 0 heterocycles. The number of phenolic OH excluding ortho intramolecular Hbond substituents is 1. The smallest absolute Gasteiger partial charge is 0.257 e. The van der Waals surface area contributed by atoms with E-state index in [4.69, 9.17) is 10.8 Å². The lowest BCUT2D eigenvalue weighted by molar-refractivity contribution is -0.119. The Balaban J connectivity index is 3.05. The van der Waals surface area contributed by atoms with E-state index < -0.39 is 17.6 Å². The highest BCUT2D eigenvalue weighted by atomic mass is 19.1. The number of phenols is 1. The number of carbonyl (C=O) groups is 2. The highest BCUT2D eigenvalue weighted by Gasteiger charge is 2.23. The fraction of sp³-hybridized carbons (Fsp3) is 0.333. The number of aromatic hydroxyl groups is 1. The first-order valence-corrected chi connectivity index (χ1v) is 5.40. The van der Waals surface area contributed by atoms with Gasteiger partial charge in [0.2, 0.25) is 5.91 Å². The second kappa shape index (κ2) is 5.48. The minimum absolute atomic E-state index is 0.206. The number of nitrogens with zero attached hydrogens (tertiary/aromatic N) is 1. The van der Waals surface area contributed by atoms with Gasteiger partial charge in [-0.05, 0) is 26.0 Å². The maximum atomic E-state index is 13.5. The van der Waals surface area contributed by atoms with E-state index in [1.165, 1.54) is 12.1 Å². The van der Waals surface area contributed by atoms with Crippen LogP contribution in [0.15, 0.2) is 18.2 Å². The van der Waals surface area contributed by atoms with Crippen molar-refractivity contribution in [2.75, 3.05) is 6.54 Å². The van der Waals surface area contributed by atoms with Gasteiger partial charge in [-0.2, -0.15) is 0 Å². The number of rotatable bonds is 4. The second-order valence-corrected chi connectivity index (χ2v) is 4.16. The predicted molar refractivity (Wildman–Crippen MR) is 63.4 cm³/mol. The Morgan fingerprint density at radius 3 is 2.50 bits per heavy atom. The Morgan fingerprint density at radius 2 is 2.06 bits per heavy atom. The van der Waals surface area contributed by atoms with Crippen LogP contribution in [0.1, 0.15) is 24.2 Å². The molecule has 0 aliphatic heterocycles. The van der Waals surface area contributed by atoms with Crippen LogP contribution in [0.5, 0.6) is 5.75 Å². The number of hydrogen-bond donors (Lipinski definition) is 2. The van der Waals surface area contributed by atoms with Crippen molar-refractivity contribution < 1.29 is 19.1 Å². The van der Waals surface area contributed by atoms with Gasteiger partial charge in [-0.1, -0.05) is 0 Å². The van der Waals surface area contributed by atoms with Crippen molar-refractivity contribution in [3.05, 3.63) is 29.6 Å². The minimum Gasteiger partial charge on any atom is -0.508 e. The number of carbonyl (C=O) groups excluding carboxylic acids is 2. The highest BCUT2D eigenvalue weighted by Crippen LogP contribution is 2.17. The zero-order chi connectivity index (χ0) is 13.9. The van der Waals surface area contributed by atoms with Gasteiger partial charge in [0.05, 0.1) is 12.1 Å². The summed E-state index contributed by atoms with van der Waals surface area (Å²) in [6.07, 6.45) is 0. The van der Waals surface area contributed by atoms with Gasteiger partial charge in [0.25, 0.3) is 5.91 Å². The van der Waals surface area contributed by atoms with Gasteiger partial charge in [0, 0.05) is 12.1 Å². The molecule has 0 unspecified atom stereocenters. The third kappa shape index (κ3) is 3.19. The van der Waals surface area contributed by atoms with Gasteiger partial charge in [-0.15, -0.1) is 0 Å². The fourth-order valence-electron chi connectivity index (χ4n) is 1.49. The van der Waals surface area contributed by atoms with Gasteiger partial charge in [-0.3, -0.25) is 9.59 Å².